The molecule has 6 heteroatoms. The molecule has 0 radical (unpaired) electrons. The Morgan fingerprint density at radius 2 is 2.14 bits per heavy atom. The molecule has 0 amide bonds. The van der Waals surface area contributed by atoms with Gasteiger partial charge in [-0.15, -0.1) is 6.58 Å². The van der Waals surface area contributed by atoms with Gasteiger partial charge in [-0.25, -0.2) is 0 Å². The molecule has 0 aliphatic carbocycles. The van der Waals surface area contributed by atoms with Crippen molar-refractivity contribution in [3.8, 4) is 11.3 Å². The first-order valence-electron chi connectivity index (χ1n) is 6.23. The maximum absolute atomic E-state index is 5.71. The number of nitrogens with zero attached hydrogens (tertiary/aromatic N) is 1. The van der Waals surface area contributed by atoms with Gasteiger partial charge in [0.2, 0.25) is 0 Å². The quantitative estimate of drug-likeness (QED) is 0.368. The number of rotatable bonds is 5. The Morgan fingerprint density at radius 1 is 1.33 bits per heavy atom. The highest BCUT2D eigenvalue weighted by Crippen LogP contribution is 2.28. The van der Waals surface area contributed by atoms with Crippen molar-refractivity contribution in [1.82, 2.24) is 10.7 Å². The molecule has 0 atom stereocenters. The Balaban J connectivity index is 1.99. The largest absolute Gasteiger partial charge is 0.455 e. The van der Waals surface area contributed by atoms with Gasteiger partial charge in [0.1, 0.15) is 11.5 Å². The van der Waals surface area contributed by atoms with Crippen molar-refractivity contribution >= 4 is 39.5 Å². The molecule has 0 unspecified atom stereocenters. The van der Waals surface area contributed by atoms with E-state index in [-0.39, 0.29) is 0 Å². The zero-order valence-corrected chi connectivity index (χ0v) is 13.6. The number of benzene rings is 1. The molecule has 1 aromatic heterocycles. The van der Waals surface area contributed by atoms with E-state index in [0.717, 1.165) is 15.8 Å². The number of hydrogen-bond donors (Lipinski definition) is 2. The second kappa shape index (κ2) is 7.75. The van der Waals surface area contributed by atoms with Gasteiger partial charge in [-0.05, 0) is 30.4 Å². The lowest BCUT2D eigenvalue weighted by molar-refractivity contribution is 0.574. The number of hydrazone groups is 1. The van der Waals surface area contributed by atoms with E-state index >= 15 is 0 Å². The Hall–Kier alpha value is -1.92. The lowest BCUT2D eigenvalue weighted by Crippen LogP contribution is -2.31. The topological polar surface area (TPSA) is 49.6 Å². The second-order valence-corrected chi connectivity index (χ2v) is 5.31. The van der Waals surface area contributed by atoms with Crippen LogP contribution in [0.2, 0.25) is 0 Å². The van der Waals surface area contributed by atoms with E-state index in [1.807, 2.05) is 36.4 Å². The van der Waals surface area contributed by atoms with Gasteiger partial charge in [0.25, 0.3) is 0 Å². The fraction of sp³-hybridized carbons (Fsp3) is 0.0667. The molecule has 0 aliphatic rings. The molecule has 2 rings (SSSR count). The number of halogens is 1. The fourth-order valence-electron chi connectivity index (χ4n) is 1.59. The summed E-state index contributed by atoms with van der Waals surface area (Å²) in [5, 5.41) is 7.35. The standard InChI is InChI=1S/C15H14BrN3OS/c1-2-9-17-15(21)19-18-10-11-7-8-14(20-11)12-5-3-4-6-13(12)16/h2-8,10H,1,9H2,(H2,17,19,21)/b18-10-. The van der Waals surface area contributed by atoms with Gasteiger partial charge in [0.05, 0.1) is 6.21 Å². The van der Waals surface area contributed by atoms with Crippen LogP contribution in [0.25, 0.3) is 11.3 Å². The summed E-state index contributed by atoms with van der Waals surface area (Å²) in [6.45, 7) is 4.18. The molecular weight excluding hydrogens is 350 g/mol. The van der Waals surface area contributed by atoms with Crippen LogP contribution in [0.5, 0.6) is 0 Å². The van der Waals surface area contributed by atoms with Crippen molar-refractivity contribution in [2.45, 2.75) is 0 Å². The SMILES string of the molecule is C=CCNC(=S)N/N=C\c1ccc(-c2ccccc2Br)o1. The molecule has 1 aromatic carbocycles. The summed E-state index contributed by atoms with van der Waals surface area (Å²) in [5.41, 5.74) is 3.69. The van der Waals surface area contributed by atoms with E-state index in [0.29, 0.717) is 17.4 Å². The molecule has 2 N–H and O–H groups in total. The molecule has 0 saturated heterocycles. The van der Waals surface area contributed by atoms with E-state index in [9.17, 15) is 0 Å². The second-order valence-electron chi connectivity index (χ2n) is 4.05. The van der Waals surface area contributed by atoms with Crippen molar-refractivity contribution in [2.24, 2.45) is 5.10 Å². The highest BCUT2D eigenvalue weighted by atomic mass is 79.9. The summed E-state index contributed by atoms with van der Waals surface area (Å²) in [6, 6.07) is 11.6. The maximum Gasteiger partial charge on any atom is 0.187 e. The Bertz CT molecular complexity index is 666. The monoisotopic (exact) mass is 363 g/mol. The van der Waals surface area contributed by atoms with Crippen LogP contribution in [0.1, 0.15) is 5.76 Å². The normalized spacial score (nSPS) is 10.5. The summed E-state index contributed by atoms with van der Waals surface area (Å²) >= 11 is 8.51. The number of thiocarbonyl (C=S) groups is 1. The Labute approximate surface area is 137 Å². The summed E-state index contributed by atoms with van der Waals surface area (Å²) in [5.74, 6) is 1.41. The molecule has 4 nitrogen and oxygen atoms in total. The van der Waals surface area contributed by atoms with E-state index in [2.05, 4.69) is 38.4 Å². The van der Waals surface area contributed by atoms with Crippen LogP contribution >= 0.6 is 28.1 Å². The lowest BCUT2D eigenvalue weighted by Gasteiger charge is -2.02. The lowest BCUT2D eigenvalue weighted by atomic mass is 10.2. The smallest absolute Gasteiger partial charge is 0.187 e. The van der Waals surface area contributed by atoms with E-state index < -0.39 is 0 Å². The van der Waals surface area contributed by atoms with E-state index in [4.69, 9.17) is 16.6 Å². The van der Waals surface area contributed by atoms with Crippen LogP contribution in [0.3, 0.4) is 0 Å². The predicted octanol–water partition coefficient (Wildman–Crippen LogP) is 3.69. The molecule has 0 fully saturated rings. The van der Waals surface area contributed by atoms with Gasteiger partial charge in [0.15, 0.2) is 5.11 Å². The van der Waals surface area contributed by atoms with Crippen LogP contribution in [0.4, 0.5) is 0 Å². The van der Waals surface area contributed by atoms with Crippen molar-refractivity contribution < 1.29 is 4.42 Å². The van der Waals surface area contributed by atoms with Gasteiger partial charge < -0.3 is 9.73 Å². The third-order valence-corrected chi connectivity index (χ3v) is 3.46. The summed E-state index contributed by atoms with van der Waals surface area (Å²) in [6.07, 6.45) is 3.29. The first-order chi connectivity index (χ1) is 10.2. The van der Waals surface area contributed by atoms with Crippen LogP contribution in [0, 0.1) is 0 Å². The van der Waals surface area contributed by atoms with Crippen LogP contribution in [-0.4, -0.2) is 17.9 Å². The minimum atomic E-state index is 0.434. The van der Waals surface area contributed by atoms with Crippen molar-refractivity contribution in [3.63, 3.8) is 0 Å². The van der Waals surface area contributed by atoms with Gasteiger partial charge in [-0.3, -0.25) is 5.43 Å². The van der Waals surface area contributed by atoms with Gasteiger partial charge in [-0.2, -0.15) is 5.10 Å². The highest BCUT2D eigenvalue weighted by Gasteiger charge is 2.06. The van der Waals surface area contributed by atoms with Crippen molar-refractivity contribution in [3.05, 3.63) is 59.3 Å². The zero-order chi connectivity index (χ0) is 15.1. The molecule has 108 valence electrons. The number of furan rings is 1. The molecule has 0 spiro atoms. The molecule has 0 saturated carbocycles. The highest BCUT2D eigenvalue weighted by molar-refractivity contribution is 9.10. The van der Waals surface area contributed by atoms with Gasteiger partial charge in [0, 0.05) is 16.6 Å². The average molecular weight is 364 g/mol. The first-order valence-corrected chi connectivity index (χ1v) is 7.43. The number of nitrogens with one attached hydrogen (secondary N) is 2. The molecule has 0 aliphatic heterocycles. The van der Waals surface area contributed by atoms with E-state index in [1.54, 1.807) is 12.3 Å². The average Bonchev–Trinajstić information content (AvgIpc) is 2.94. The van der Waals surface area contributed by atoms with Crippen molar-refractivity contribution in [2.75, 3.05) is 6.54 Å². The zero-order valence-electron chi connectivity index (χ0n) is 11.2. The Morgan fingerprint density at radius 3 is 2.90 bits per heavy atom. The molecule has 0 bridgehead atoms. The third-order valence-electron chi connectivity index (χ3n) is 2.53. The van der Waals surface area contributed by atoms with Crippen LogP contribution in [-0.2, 0) is 0 Å². The minimum absolute atomic E-state index is 0.434. The summed E-state index contributed by atoms with van der Waals surface area (Å²) < 4.78 is 6.70. The molecule has 1 heterocycles. The third kappa shape index (κ3) is 4.54. The fourth-order valence-corrected chi connectivity index (χ4v) is 2.20. The van der Waals surface area contributed by atoms with Crippen LogP contribution < -0.4 is 10.7 Å². The van der Waals surface area contributed by atoms with E-state index in [1.165, 1.54) is 0 Å². The molecular formula is C15H14BrN3OS. The number of hydrogen-bond acceptors (Lipinski definition) is 3. The summed E-state index contributed by atoms with van der Waals surface area (Å²) in [4.78, 5) is 0. The van der Waals surface area contributed by atoms with Gasteiger partial charge in [-0.1, -0.05) is 40.2 Å². The molecule has 2 aromatic rings. The Kier molecular flexibility index (Phi) is 5.71. The van der Waals surface area contributed by atoms with Crippen molar-refractivity contribution in [1.29, 1.82) is 0 Å². The predicted molar refractivity (Wildman–Crippen MR) is 93.4 cm³/mol. The molecule has 21 heavy (non-hydrogen) atoms. The first kappa shape index (κ1) is 15.5. The van der Waals surface area contributed by atoms with Gasteiger partial charge >= 0.3 is 0 Å². The maximum atomic E-state index is 5.71. The van der Waals surface area contributed by atoms with Crippen LogP contribution in [0.15, 0.2) is 63.0 Å². The minimum Gasteiger partial charge on any atom is -0.455 e. The summed E-state index contributed by atoms with van der Waals surface area (Å²) in [7, 11) is 0.